The molecule has 4 saturated carbocycles. The van der Waals surface area contributed by atoms with Crippen molar-refractivity contribution < 1.29 is 9.59 Å². The standard InChI is InChI=1S/C17H28N2O2/c1-10(18-12(3)20)16(21)19-11(2)17-7-13-4-14(8-17)6-15(5-13)9-17/h10-11,13-15H,4-9H2,1-3H3,(H,18,20)(H,19,21)/t10-,11-,13?,14?,15?,17?/m1/s1. The Labute approximate surface area is 127 Å². The molecule has 4 rings (SSSR count). The Morgan fingerprint density at radius 2 is 1.43 bits per heavy atom. The minimum absolute atomic E-state index is 0.0477. The number of hydrogen-bond acceptors (Lipinski definition) is 2. The maximum atomic E-state index is 12.3. The van der Waals surface area contributed by atoms with E-state index in [4.69, 9.17) is 0 Å². The highest BCUT2D eigenvalue weighted by atomic mass is 16.2. The quantitative estimate of drug-likeness (QED) is 0.835. The van der Waals surface area contributed by atoms with E-state index in [1.807, 2.05) is 0 Å². The van der Waals surface area contributed by atoms with Crippen LogP contribution in [-0.4, -0.2) is 23.9 Å². The van der Waals surface area contributed by atoms with Crippen LogP contribution in [0.1, 0.15) is 59.3 Å². The van der Waals surface area contributed by atoms with Crippen LogP contribution in [0.2, 0.25) is 0 Å². The molecule has 0 heterocycles. The minimum atomic E-state index is -0.445. The van der Waals surface area contributed by atoms with E-state index in [2.05, 4.69) is 17.6 Å². The Bertz CT molecular complexity index is 411. The van der Waals surface area contributed by atoms with E-state index in [9.17, 15) is 9.59 Å². The molecular formula is C17H28N2O2. The summed E-state index contributed by atoms with van der Waals surface area (Å²) < 4.78 is 0. The molecule has 21 heavy (non-hydrogen) atoms. The summed E-state index contributed by atoms with van der Waals surface area (Å²) in [4.78, 5) is 23.3. The first kappa shape index (κ1) is 14.9. The van der Waals surface area contributed by atoms with Gasteiger partial charge < -0.3 is 10.6 Å². The predicted octanol–water partition coefficient (Wildman–Crippen LogP) is 2.23. The smallest absolute Gasteiger partial charge is 0.242 e. The predicted molar refractivity (Wildman–Crippen MR) is 81.5 cm³/mol. The zero-order chi connectivity index (χ0) is 15.2. The third-order valence-corrected chi connectivity index (χ3v) is 6.18. The van der Waals surface area contributed by atoms with Gasteiger partial charge in [0.05, 0.1) is 0 Å². The lowest BCUT2D eigenvalue weighted by atomic mass is 9.48. The van der Waals surface area contributed by atoms with Crippen LogP contribution < -0.4 is 10.6 Å². The zero-order valence-corrected chi connectivity index (χ0v) is 13.4. The van der Waals surface area contributed by atoms with Gasteiger partial charge in [-0.25, -0.2) is 0 Å². The van der Waals surface area contributed by atoms with Crippen LogP contribution >= 0.6 is 0 Å². The molecule has 0 unspecified atom stereocenters. The van der Waals surface area contributed by atoms with Crippen molar-refractivity contribution in [1.82, 2.24) is 10.6 Å². The van der Waals surface area contributed by atoms with Crippen molar-refractivity contribution in [3.8, 4) is 0 Å². The second-order valence-corrected chi connectivity index (χ2v) is 7.93. The van der Waals surface area contributed by atoms with Crippen molar-refractivity contribution in [2.45, 2.75) is 71.4 Å². The summed E-state index contributed by atoms with van der Waals surface area (Å²) in [5, 5.41) is 5.86. The number of rotatable bonds is 4. The molecule has 2 amide bonds. The molecule has 4 aliphatic carbocycles. The lowest BCUT2D eigenvalue weighted by Crippen LogP contribution is -2.57. The van der Waals surface area contributed by atoms with Gasteiger partial charge in [-0.15, -0.1) is 0 Å². The third kappa shape index (κ3) is 2.82. The number of carbonyl (C=O) groups is 2. The summed E-state index contributed by atoms with van der Waals surface area (Å²) in [5.74, 6) is 2.48. The lowest BCUT2D eigenvalue weighted by molar-refractivity contribution is -0.130. The number of hydrogen-bond donors (Lipinski definition) is 2. The van der Waals surface area contributed by atoms with Gasteiger partial charge in [-0.2, -0.15) is 0 Å². The Hall–Kier alpha value is -1.06. The lowest BCUT2D eigenvalue weighted by Gasteiger charge is -2.59. The largest absolute Gasteiger partial charge is 0.351 e. The number of amides is 2. The van der Waals surface area contributed by atoms with Crippen LogP contribution in [0.5, 0.6) is 0 Å². The van der Waals surface area contributed by atoms with E-state index in [1.54, 1.807) is 6.92 Å². The molecule has 0 aromatic heterocycles. The second kappa shape index (κ2) is 5.29. The van der Waals surface area contributed by atoms with Crippen molar-refractivity contribution in [3.05, 3.63) is 0 Å². The molecule has 4 nitrogen and oxygen atoms in total. The van der Waals surface area contributed by atoms with Crippen molar-refractivity contribution >= 4 is 11.8 Å². The van der Waals surface area contributed by atoms with Gasteiger partial charge in [-0.3, -0.25) is 9.59 Å². The van der Waals surface area contributed by atoms with Crippen molar-refractivity contribution in [2.24, 2.45) is 23.2 Å². The van der Waals surface area contributed by atoms with Gasteiger partial charge in [0.1, 0.15) is 6.04 Å². The van der Waals surface area contributed by atoms with Gasteiger partial charge in [0, 0.05) is 13.0 Å². The minimum Gasteiger partial charge on any atom is -0.351 e. The molecule has 4 aliphatic rings. The molecule has 4 bridgehead atoms. The average Bonchev–Trinajstić information content (AvgIpc) is 2.35. The van der Waals surface area contributed by atoms with Gasteiger partial charge in [-0.05, 0) is 75.5 Å². The topological polar surface area (TPSA) is 58.2 Å². The highest BCUT2D eigenvalue weighted by Gasteiger charge is 2.53. The van der Waals surface area contributed by atoms with Crippen molar-refractivity contribution in [3.63, 3.8) is 0 Å². The first-order valence-corrected chi connectivity index (χ1v) is 8.45. The van der Waals surface area contributed by atoms with Crippen molar-refractivity contribution in [2.75, 3.05) is 0 Å². The molecular weight excluding hydrogens is 264 g/mol. The fourth-order valence-electron chi connectivity index (χ4n) is 5.57. The highest BCUT2D eigenvalue weighted by molar-refractivity contribution is 5.86. The normalized spacial score (nSPS) is 39.7. The molecule has 0 spiro atoms. The summed E-state index contributed by atoms with van der Waals surface area (Å²) >= 11 is 0. The molecule has 118 valence electrons. The second-order valence-electron chi connectivity index (χ2n) is 7.93. The Balaban J connectivity index is 1.64. The molecule has 2 atom stereocenters. The van der Waals surface area contributed by atoms with Crippen molar-refractivity contribution in [1.29, 1.82) is 0 Å². The van der Waals surface area contributed by atoms with E-state index < -0.39 is 6.04 Å². The highest BCUT2D eigenvalue weighted by Crippen LogP contribution is 2.61. The molecule has 0 aromatic rings. The summed E-state index contributed by atoms with van der Waals surface area (Å²) in [6.45, 7) is 5.38. The maximum absolute atomic E-state index is 12.3. The molecule has 4 fully saturated rings. The third-order valence-electron chi connectivity index (χ3n) is 6.18. The SMILES string of the molecule is CC(=O)N[C@H](C)C(=O)N[C@H](C)C12CC3CC(CC(C3)C1)C2. The van der Waals surface area contributed by atoms with E-state index in [1.165, 1.54) is 45.4 Å². The van der Waals surface area contributed by atoms with E-state index in [0.29, 0.717) is 5.41 Å². The monoisotopic (exact) mass is 292 g/mol. The van der Waals surface area contributed by atoms with E-state index >= 15 is 0 Å². The Morgan fingerprint density at radius 3 is 1.86 bits per heavy atom. The number of carbonyl (C=O) groups excluding carboxylic acids is 2. The fraction of sp³-hybridized carbons (Fsp3) is 0.882. The van der Waals surface area contributed by atoms with Crippen LogP contribution in [0.3, 0.4) is 0 Å². The zero-order valence-electron chi connectivity index (χ0n) is 13.4. The van der Waals surface area contributed by atoms with E-state index in [0.717, 1.165) is 17.8 Å². The molecule has 4 heteroatoms. The van der Waals surface area contributed by atoms with Crippen LogP contribution in [0, 0.1) is 23.2 Å². The average molecular weight is 292 g/mol. The fourth-order valence-corrected chi connectivity index (χ4v) is 5.57. The van der Waals surface area contributed by atoms with Gasteiger partial charge in [0.2, 0.25) is 11.8 Å². The van der Waals surface area contributed by atoms with Crippen LogP contribution in [0.4, 0.5) is 0 Å². The first-order chi connectivity index (χ1) is 9.88. The van der Waals surface area contributed by atoms with Gasteiger partial charge in [0.15, 0.2) is 0 Å². The summed E-state index contributed by atoms with van der Waals surface area (Å²) in [6.07, 6.45) is 8.12. The molecule has 0 aromatic carbocycles. The maximum Gasteiger partial charge on any atom is 0.242 e. The first-order valence-electron chi connectivity index (χ1n) is 8.45. The molecule has 0 aliphatic heterocycles. The Kier molecular flexibility index (Phi) is 3.74. The van der Waals surface area contributed by atoms with Crippen LogP contribution in [0.25, 0.3) is 0 Å². The van der Waals surface area contributed by atoms with Gasteiger partial charge >= 0.3 is 0 Å². The Morgan fingerprint density at radius 1 is 0.952 bits per heavy atom. The van der Waals surface area contributed by atoms with Crippen LogP contribution in [-0.2, 0) is 9.59 Å². The number of nitrogens with one attached hydrogen (secondary N) is 2. The van der Waals surface area contributed by atoms with E-state index in [-0.39, 0.29) is 17.9 Å². The molecule has 0 radical (unpaired) electrons. The van der Waals surface area contributed by atoms with Gasteiger partial charge in [0.25, 0.3) is 0 Å². The molecule has 2 N–H and O–H groups in total. The van der Waals surface area contributed by atoms with Crippen LogP contribution in [0.15, 0.2) is 0 Å². The summed E-state index contributed by atoms with van der Waals surface area (Å²) in [7, 11) is 0. The summed E-state index contributed by atoms with van der Waals surface area (Å²) in [6, 6.07) is -0.228. The van der Waals surface area contributed by atoms with Gasteiger partial charge in [-0.1, -0.05) is 0 Å². The summed E-state index contributed by atoms with van der Waals surface area (Å²) in [5.41, 5.74) is 0.320. The molecule has 0 saturated heterocycles.